The molecule has 0 radical (unpaired) electrons. The molecule has 0 unspecified atom stereocenters. The quantitative estimate of drug-likeness (QED) is 0.209. The maximum Gasteiger partial charge on any atom is 0.331 e. The normalized spacial score (nSPS) is 32.2. The maximum absolute atomic E-state index is 14.4. The van der Waals surface area contributed by atoms with Gasteiger partial charge in [0, 0.05) is 55.6 Å². The zero-order valence-electron chi connectivity index (χ0n) is 26.8. The first-order valence-corrected chi connectivity index (χ1v) is 15.1. The predicted octanol–water partition coefficient (Wildman–Crippen LogP) is 4.44. The van der Waals surface area contributed by atoms with Crippen molar-refractivity contribution in [3.05, 3.63) is 64.8 Å². The number of Topliss-reactive ketones (excluding diaryl/α,β-unsaturated/α-hetero) is 1. The summed E-state index contributed by atoms with van der Waals surface area (Å²) in [6, 6.07) is 9.20. The summed E-state index contributed by atoms with van der Waals surface area (Å²) in [5.74, 6) is -3.54. The molecule has 0 aromatic heterocycles. The van der Waals surface area contributed by atoms with Crippen molar-refractivity contribution in [3.8, 4) is 0 Å². The fourth-order valence-electron chi connectivity index (χ4n) is 7.16. The predicted molar refractivity (Wildman–Crippen MR) is 163 cm³/mol. The lowest BCUT2D eigenvalue weighted by Crippen LogP contribution is -2.57. The summed E-state index contributed by atoms with van der Waals surface area (Å²) >= 11 is 0. The molecule has 0 heterocycles. The Morgan fingerprint density at radius 2 is 1.49 bits per heavy atom. The second-order valence-corrected chi connectivity index (χ2v) is 13.0. The molecule has 242 valence electrons. The van der Waals surface area contributed by atoms with Crippen LogP contribution in [0.15, 0.2) is 59.2 Å². The summed E-state index contributed by atoms with van der Waals surface area (Å²) in [5.41, 5.74) is -0.229. The van der Waals surface area contributed by atoms with E-state index in [9.17, 15) is 29.1 Å². The van der Waals surface area contributed by atoms with Crippen LogP contribution in [0, 0.1) is 16.7 Å². The highest BCUT2D eigenvalue weighted by Gasteiger charge is 2.57. The molecule has 10 heteroatoms. The van der Waals surface area contributed by atoms with Crippen LogP contribution in [0.5, 0.6) is 0 Å². The van der Waals surface area contributed by atoms with Crippen LogP contribution in [0.4, 0.5) is 0 Å². The number of carbonyl (C=O) groups excluding carboxylic acids is 5. The minimum absolute atomic E-state index is 0.00279. The number of fused-ring (bicyclic) bond motifs is 4. The van der Waals surface area contributed by atoms with Crippen molar-refractivity contribution in [1.82, 2.24) is 0 Å². The van der Waals surface area contributed by atoms with Crippen molar-refractivity contribution in [3.63, 3.8) is 0 Å². The summed E-state index contributed by atoms with van der Waals surface area (Å²) in [5, 5.41) is 11.9. The number of rotatable bonds is 6. The third-order valence-corrected chi connectivity index (χ3v) is 9.36. The van der Waals surface area contributed by atoms with Crippen molar-refractivity contribution >= 4 is 35.7 Å². The number of benzene rings is 1. The standard InChI is InChI=1S/C35H42O10/c1-19-26(42-20(2)36)16-25-28(43-21(3)37)15-24-18-35(7,33(41)32(40)31(19)34(25,5)6)29(44-22(4)38)17-27(24)45-30(39)14-13-23-11-9-8-10-12-23/h8-15,25-29,33,41H,16-18H2,1-7H3/b14-13+,24-15+/t25-,26+,27+,28+,29+,33-,35-/m0/s1. The minimum Gasteiger partial charge on any atom is -0.462 e. The van der Waals surface area contributed by atoms with Crippen LogP contribution in [-0.2, 0) is 42.9 Å². The average Bonchev–Trinajstić information content (AvgIpc) is 2.94. The van der Waals surface area contributed by atoms with Gasteiger partial charge in [0.2, 0.25) is 0 Å². The summed E-state index contributed by atoms with van der Waals surface area (Å²) in [4.78, 5) is 64.3. The summed E-state index contributed by atoms with van der Waals surface area (Å²) in [6.07, 6.45) is -0.458. The highest BCUT2D eigenvalue weighted by molar-refractivity contribution is 6.01. The molecular formula is C35H42O10. The molecule has 4 rings (SSSR count). The van der Waals surface area contributed by atoms with E-state index in [0.29, 0.717) is 11.1 Å². The SMILES string of the molecule is CC(=O)O[C@@H]1C[C@H]2[C@H](OC(C)=O)/C=C3\C[C@@](C)([C@H](OC(C)=O)C[C@H]3OC(=O)/C=C/c3ccccc3)[C@@H](O)C(=O)C(=C1C)C2(C)C. The Labute approximate surface area is 263 Å². The molecule has 7 atom stereocenters. The molecule has 0 spiro atoms. The molecule has 45 heavy (non-hydrogen) atoms. The van der Waals surface area contributed by atoms with E-state index in [-0.39, 0.29) is 24.8 Å². The van der Waals surface area contributed by atoms with Gasteiger partial charge in [-0.15, -0.1) is 0 Å². The summed E-state index contributed by atoms with van der Waals surface area (Å²) < 4.78 is 23.1. The van der Waals surface area contributed by atoms with Crippen LogP contribution in [-0.4, -0.2) is 65.3 Å². The third kappa shape index (κ3) is 7.11. The second-order valence-electron chi connectivity index (χ2n) is 13.0. The van der Waals surface area contributed by atoms with E-state index in [2.05, 4.69) is 0 Å². The molecule has 1 N–H and O–H groups in total. The zero-order chi connectivity index (χ0) is 33.3. The van der Waals surface area contributed by atoms with Crippen LogP contribution in [0.1, 0.15) is 73.3 Å². The molecule has 3 aliphatic carbocycles. The van der Waals surface area contributed by atoms with Gasteiger partial charge in [-0.2, -0.15) is 0 Å². The fourth-order valence-corrected chi connectivity index (χ4v) is 7.16. The molecule has 1 aromatic rings. The Balaban J connectivity index is 1.88. The Hall–Kier alpha value is -4.05. The maximum atomic E-state index is 14.4. The Morgan fingerprint density at radius 1 is 0.867 bits per heavy atom. The largest absolute Gasteiger partial charge is 0.462 e. The van der Waals surface area contributed by atoms with Crippen LogP contribution < -0.4 is 0 Å². The minimum atomic E-state index is -1.63. The number of ketones is 1. The van der Waals surface area contributed by atoms with Crippen LogP contribution in [0.25, 0.3) is 6.08 Å². The van der Waals surface area contributed by atoms with E-state index < -0.39 is 76.9 Å². The first-order valence-electron chi connectivity index (χ1n) is 15.1. The highest BCUT2D eigenvalue weighted by Crippen LogP contribution is 2.53. The van der Waals surface area contributed by atoms with Gasteiger partial charge in [-0.1, -0.05) is 51.1 Å². The highest BCUT2D eigenvalue weighted by atomic mass is 16.6. The molecule has 1 saturated carbocycles. The van der Waals surface area contributed by atoms with E-state index in [0.717, 1.165) is 5.56 Å². The zero-order valence-corrected chi connectivity index (χ0v) is 26.8. The summed E-state index contributed by atoms with van der Waals surface area (Å²) in [6.45, 7) is 10.8. The van der Waals surface area contributed by atoms with Crippen molar-refractivity contribution in [2.24, 2.45) is 16.7 Å². The van der Waals surface area contributed by atoms with Crippen molar-refractivity contribution in [2.45, 2.75) is 98.2 Å². The molecule has 10 nitrogen and oxygen atoms in total. The number of carbonyl (C=O) groups is 5. The first kappa shape index (κ1) is 33.8. The Bertz CT molecular complexity index is 1450. The van der Waals surface area contributed by atoms with Crippen LogP contribution in [0.2, 0.25) is 0 Å². The Morgan fingerprint density at radius 3 is 2.09 bits per heavy atom. The second kappa shape index (κ2) is 13.1. The fraction of sp³-hybridized carbons (Fsp3) is 0.514. The third-order valence-electron chi connectivity index (χ3n) is 9.36. The number of aliphatic hydroxyl groups excluding tert-OH is 1. The van der Waals surface area contributed by atoms with E-state index in [4.69, 9.17) is 18.9 Å². The van der Waals surface area contributed by atoms with Crippen LogP contribution in [0.3, 0.4) is 0 Å². The number of hydrogen-bond donors (Lipinski definition) is 1. The topological polar surface area (TPSA) is 143 Å². The van der Waals surface area contributed by atoms with Gasteiger partial charge in [0.05, 0.1) is 0 Å². The van der Waals surface area contributed by atoms with Gasteiger partial charge in [-0.05, 0) is 48.6 Å². The monoisotopic (exact) mass is 622 g/mol. The number of hydrogen-bond acceptors (Lipinski definition) is 10. The van der Waals surface area contributed by atoms with Crippen LogP contribution >= 0.6 is 0 Å². The molecule has 0 saturated heterocycles. The molecule has 4 bridgehead atoms. The molecule has 1 fully saturated rings. The molecule has 0 amide bonds. The van der Waals surface area contributed by atoms with Crippen molar-refractivity contribution in [2.75, 3.05) is 0 Å². The molecule has 1 aromatic carbocycles. The molecular weight excluding hydrogens is 580 g/mol. The van der Waals surface area contributed by atoms with E-state index in [1.54, 1.807) is 26.0 Å². The molecule has 3 aliphatic rings. The number of aliphatic hydroxyl groups is 1. The lowest BCUT2D eigenvalue weighted by Gasteiger charge is -2.51. The van der Waals surface area contributed by atoms with Gasteiger partial charge < -0.3 is 24.1 Å². The van der Waals surface area contributed by atoms with Gasteiger partial charge in [0.15, 0.2) is 5.78 Å². The number of esters is 4. The van der Waals surface area contributed by atoms with E-state index in [1.807, 2.05) is 44.2 Å². The average molecular weight is 623 g/mol. The van der Waals surface area contributed by atoms with Gasteiger partial charge in [0.25, 0.3) is 0 Å². The number of ether oxygens (including phenoxy) is 4. The molecule has 0 aliphatic heterocycles. The van der Waals surface area contributed by atoms with E-state index >= 15 is 0 Å². The van der Waals surface area contributed by atoms with Crippen molar-refractivity contribution < 1.29 is 48.0 Å². The lowest BCUT2D eigenvalue weighted by atomic mass is 9.57. The van der Waals surface area contributed by atoms with E-state index in [1.165, 1.54) is 26.8 Å². The summed E-state index contributed by atoms with van der Waals surface area (Å²) in [7, 11) is 0. The first-order chi connectivity index (χ1) is 21.0. The Kier molecular flexibility index (Phi) is 9.87. The van der Waals surface area contributed by atoms with Gasteiger partial charge in [-0.25, -0.2) is 4.79 Å². The van der Waals surface area contributed by atoms with Gasteiger partial charge in [-0.3, -0.25) is 19.2 Å². The van der Waals surface area contributed by atoms with Gasteiger partial charge >= 0.3 is 23.9 Å². The lowest BCUT2D eigenvalue weighted by molar-refractivity contribution is -0.174. The van der Waals surface area contributed by atoms with Crippen molar-refractivity contribution in [1.29, 1.82) is 0 Å². The van der Waals surface area contributed by atoms with Gasteiger partial charge in [0.1, 0.15) is 30.5 Å². The smallest absolute Gasteiger partial charge is 0.331 e.